The molecule has 0 saturated carbocycles. The second-order valence-electron chi connectivity index (χ2n) is 7.57. The van der Waals surface area contributed by atoms with Crippen molar-refractivity contribution in [3.8, 4) is 11.5 Å². The van der Waals surface area contributed by atoms with Crippen molar-refractivity contribution in [2.75, 3.05) is 12.4 Å². The van der Waals surface area contributed by atoms with Gasteiger partial charge in [0.1, 0.15) is 23.9 Å². The molecule has 0 saturated heterocycles. The van der Waals surface area contributed by atoms with E-state index in [1.165, 1.54) is 7.11 Å². The van der Waals surface area contributed by atoms with Crippen LogP contribution in [-0.4, -0.2) is 23.2 Å². The number of nitrogens with zero attached hydrogens (tertiary/aromatic N) is 1. The Labute approximate surface area is 188 Å². The van der Waals surface area contributed by atoms with E-state index in [0.717, 1.165) is 5.56 Å². The highest BCUT2D eigenvalue weighted by Gasteiger charge is 2.39. The number of hydrogen-bond acceptors (Lipinski definition) is 4. The quantitative estimate of drug-likeness (QED) is 0.468. The zero-order valence-electron chi connectivity index (χ0n) is 17.5. The summed E-state index contributed by atoms with van der Waals surface area (Å²) >= 11 is 0. The molecule has 34 heavy (non-hydrogen) atoms. The fourth-order valence-corrected chi connectivity index (χ4v) is 3.75. The number of aromatic nitrogens is 2. The summed E-state index contributed by atoms with van der Waals surface area (Å²) in [5.74, 6) is -0.504. The summed E-state index contributed by atoms with van der Waals surface area (Å²) in [5.41, 5.74) is -1.11. The molecule has 1 atom stereocenters. The number of anilines is 1. The van der Waals surface area contributed by atoms with Gasteiger partial charge in [-0.1, -0.05) is 12.1 Å². The number of ether oxygens (including phenoxy) is 2. The van der Waals surface area contributed by atoms with Crippen LogP contribution in [0.3, 0.4) is 0 Å². The van der Waals surface area contributed by atoms with Gasteiger partial charge in [-0.2, -0.15) is 31.4 Å². The highest BCUT2D eigenvalue weighted by Crippen LogP contribution is 2.41. The van der Waals surface area contributed by atoms with Gasteiger partial charge in [0.05, 0.1) is 24.4 Å². The van der Waals surface area contributed by atoms with E-state index >= 15 is 0 Å². The number of carbonyl (C=O) groups is 1. The number of alkyl halides is 6. The molecule has 0 aliphatic carbocycles. The van der Waals surface area contributed by atoms with Gasteiger partial charge in [0.15, 0.2) is 0 Å². The van der Waals surface area contributed by atoms with Crippen LogP contribution in [0.5, 0.6) is 11.5 Å². The number of benzene rings is 2. The van der Waals surface area contributed by atoms with Gasteiger partial charge in [-0.15, -0.1) is 0 Å². The molecule has 0 bridgehead atoms. The molecule has 6 nitrogen and oxygen atoms in total. The van der Waals surface area contributed by atoms with Crippen molar-refractivity contribution < 1.29 is 40.6 Å². The highest BCUT2D eigenvalue weighted by atomic mass is 19.4. The summed E-state index contributed by atoms with van der Waals surface area (Å²) in [6.07, 6.45) is -8.23. The van der Waals surface area contributed by atoms with E-state index in [9.17, 15) is 31.1 Å². The molecule has 1 aromatic heterocycles. The van der Waals surface area contributed by atoms with Gasteiger partial charge in [0.25, 0.3) is 0 Å². The summed E-state index contributed by atoms with van der Waals surface area (Å²) in [5, 5.41) is 9.31. The maximum atomic E-state index is 13.4. The third-order valence-electron chi connectivity index (χ3n) is 5.41. The maximum Gasteiger partial charge on any atom is 0.419 e. The van der Waals surface area contributed by atoms with Crippen LogP contribution >= 0.6 is 0 Å². The van der Waals surface area contributed by atoms with Crippen LogP contribution in [0.1, 0.15) is 40.2 Å². The molecule has 0 radical (unpaired) electrons. The number of aromatic amines is 1. The topological polar surface area (TPSA) is 76.2 Å². The number of rotatable bonds is 5. The predicted molar refractivity (Wildman–Crippen MR) is 107 cm³/mol. The first-order valence-corrected chi connectivity index (χ1v) is 9.88. The Hall–Kier alpha value is -3.70. The van der Waals surface area contributed by atoms with Crippen molar-refractivity contribution in [2.24, 2.45) is 0 Å². The number of carbonyl (C=O) groups excluding carboxylic acids is 1. The van der Waals surface area contributed by atoms with E-state index in [0.29, 0.717) is 29.1 Å². The Morgan fingerprint density at radius 3 is 2.47 bits per heavy atom. The highest BCUT2D eigenvalue weighted by molar-refractivity contribution is 5.94. The number of methoxy groups -OCH3 is 1. The van der Waals surface area contributed by atoms with Crippen LogP contribution < -0.4 is 14.8 Å². The Balaban J connectivity index is 1.60. The summed E-state index contributed by atoms with van der Waals surface area (Å²) in [6, 6.07) is 6.08. The van der Waals surface area contributed by atoms with Crippen LogP contribution in [0.15, 0.2) is 42.6 Å². The van der Waals surface area contributed by atoms with Gasteiger partial charge < -0.3 is 14.8 Å². The zero-order chi connectivity index (χ0) is 24.7. The minimum Gasteiger partial charge on any atom is -0.496 e. The van der Waals surface area contributed by atoms with Gasteiger partial charge in [0, 0.05) is 23.5 Å². The molecular formula is C22H17F6N3O3. The molecule has 1 aliphatic rings. The van der Waals surface area contributed by atoms with Gasteiger partial charge in [-0.3, -0.25) is 9.89 Å². The Kier molecular flexibility index (Phi) is 5.92. The second kappa shape index (κ2) is 8.58. The molecule has 4 rings (SSSR count). The molecule has 2 N–H and O–H groups in total. The van der Waals surface area contributed by atoms with Crippen LogP contribution in [0.2, 0.25) is 0 Å². The van der Waals surface area contributed by atoms with Crippen molar-refractivity contribution >= 4 is 11.7 Å². The largest absolute Gasteiger partial charge is 0.496 e. The van der Waals surface area contributed by atoms with E-state index in [-0.39, 0.29) is 36.7 Å². The van der Waals surface area contributed by atoms with Crippen molar-refractivity contribution in [3.63, 3.8) is 0 Å². The van der Waals surface area contributed by atoms with Crippen molar-refractivity contribution in [1.82, 2.24) is 10.2 Å². The number of hydrogen-bond donors (Lipinski definition) is 2. The SMILES string of the molecule is COc1cc([C@@H]2CC(=O)Nc3[nH]ncc32)ccc1COc1ccc(C(F)(F)F)cc1C(F)(F)F. The van der Waals surface area contributed by atoms with Gasteiger partial charge in [0.2, 0.25) is 5.91 Å². The van der Waals surface area contributed by atoms with Crippen molar-refractivity contribution in [3.05, 3.63) is 70.4 Å². The minimum atomic E-state index is -5.05. The van der Waals surface area contributed by atoms with E-state index in [2.05, 4.69) is 15.5 Å². The fourth-order valence-electron chi connectivity index (χ4n) is 3.75. The average Bonchev–Trinajstić information content (AvgIpc) is 3.24. The molecule has 2 aromatic carbocycles. The summed E-state index contributed by atoms with van der Waals surface area (Å²) in [7, 11) is 1.36. The van der Waals surface area contributed by atoms with E-state index in [1.54, 1.807) is 24.4 Å². The van der Waals surface area contributed by atoms with Gasteiger partial charge in [-0.25, -0.2) is 0 Å². The monoisotopic (exact) mass is 485 g/mol. The van der Waals surface area contributed by atoms with E-state index < -0.39 is 29.2 Å². The third-order valence-corrected chi connectivity index (χ3v) is 5.41. The Morgan fingerprint density at radius 1 is 1.03 bits per heavy atom. The van der Waals surface area contributed by atoms with Crippen LogP contribution in [0.4, 0.5) is 32.2 Å². The average molecular weight is 485 g/mol. The standard InChI is InChI=1S/C22H17F6N3O3/c1-33-18-6-11(14-8-19(32)30-20-15(14)9-29-31-20)2-3-12(18)10-34-17-5-4-13(21(23,24)25)7-16(17)22(26,27)28/h2-7,9,14H,8,10H2,1H3,(H2,29,30,31,32)/t14-/m0/s1. The number of halogens is 6. The molecule has 12 heteroatoms. The molecule has 2 heterocycles. The molecule has 1 amide bonds. The molecule has 0 unspecified atom stereocenters. The summed E-state index contributed by atoms with van der Waals surface area (Å²) in [4.78, 5) is 12.0. The molecule has 0 fully saturated rings. The second-order valence-corrected chi connectivity index (χ2v) is 7.57. The summed E-state index contributed by atoms with van der Waals surface area (Å²) < 4.78 is 89.3. The van der Waals surface area contributed by atoms with Crippen LogP contribution in [-0.2, 0) is 23.8 Å². The first kappa shape index (κ1) is 23.5. The first-order chi connectivity index (χ1) is 16.0. The molecule has 1 aliphatic heterocycles. The number of H-pyrrole nitrogens is 1. The lowest BCUT2D eigenvalue weighted by molar-refractivity contribution is -0.144. The Bertz CT molecular complexity index is 1220. The van der Waals surface area contributed by atoms with E-state index in [4.69, 9.17) is 9.47 Å². The van der Waals surface area contributed by atoms with Crippen LogP contribution in [0.25, 0.3) is 0 Å². The fraction of sp³-hybridized carbons (Fsp3) is 0.273. The number of nitrogens with one attached hydrogen (secondary N) is 2. The third kappa shape index (κ3) is 4.66. The lowest BCUT2D eigenvalue weighted by Gasteiger charge is -2.23. The van der Waals surface area contributed by atoms with E-state index in [1.807, 2.05) is 0 Å². The number of amides is 1. The first-order valence-electron chi connectivity index (χ1n) is 9.88. The lowest BCUT2D eigenvalue weighted by atomic mass is 9.87. The molecule has 3 aromatic rings. The van der Waals surface area contributed by atoms with Crippen molar-refractivity contribution in [2.45, 2.75) is 31.3 Å². The van der Waals surface area contributed by atoms with Crippen LogP contribution in [0, 0.1) is 0 Å². The Morgan fingerprint density at radius 2 is 1.79 bits per heavy atom. The lowest BCUT2D eigenvalue weighted by Crippen LogP contribution is -2.23. The molecular weight excluding hydrogens is 468 g/mol. The molecule has 0 spiro atoms. The minimum absolute atomic E-state index is 0.0201. The number of fused-ring (bicyclic) bond motifs is 1. The zero-order valence-corrected chi connectivity index (χ0v) is 17.5. The smallest absolute Gasteiger partial charge is 0.419 e. The predicted octanol–water partition coefficient (Wildman–Crippen LogP) is 5.51. The van der Waals surface area contributed by atoms with Gasteiger partial charge in [-0.05, 0) is 29.8 Å². The van der Waals surface area contributed by atoms with Crippen molar-refractivity contribution in [1.29, 1.82) is 0 Å². The molecule has 180 valence electrons. The van der Waals surface area contributed by atoms with Gasteiger partial charge >= 0.3 is 12.4 Å². The maximum absolute atomic E-state index is 13.4. The summed E-state index contributed by atoms with van der Waals surface area (Å²) in [6.45, 7) is -0.389. The normalized spacial score (nSPS) is 16.1.